The minimum absolute atomic E-state index is 0. The second-order valence-electron chi connectivity index (χ2n) is 6.82. The number of aryl methyl sites for hydroxylation is 2. The fourth-order valence-corrected chi connectivity index (χ4v) is 4.08. The van der Waals surface area contributed by atoms with Gasteiger partial charge in [0.15, 0.2) is 5.96 Å². The van der Waals surface area contributed by atoms with Gasteiger partial charge in [0.05, 0.1) is 23.8 Å². The minimum atomic E-state index is 0. The molecule has 2 aromatic heterocycles. The minimum Gasteiger partial charge on any atom is -0.474 e. The summed E-state index contributed by atoms with van der Waals surface area (Å²) in [5.74, 6) is 1.52. The summed E-state index contributed by atoms with van der Waals surface area (Å²) in [5, 5.41) is 7.79. The molecule has 2 N–H and O–H groups in total. The number of aliphatic imine (C=N–C) groups is 1. The number of nitrogens with one attached hydrogen (secondary N) is 2. The van der Waals surface area contributed by atoms with E-state index in [1.54, 1.807) is 17.5 Å². The maximum atomic E-state index is 5.99. The van der Waals surface area contributed by atoms with Gasteiger partial charge in [-0.25, -0.2) is 15.0 Å². The largest absolute Gasteiger partial charge is 0.474 e. The molecular formula is C20H30IN5OS. The van der Waals surface area contributed by atoms with Crippen LogP contribution in [-0.2, 0) is 13.1 Å². The number of hydrogen-bond acceptors (Lipinski definition) is 5. The van der Waals surface area contributed by atoms with Gasteiger partial charge in [0.2, 0.25) is 5.88 Å². The fraction of sp³-hybridized carbons (Fsp3) is 0.550. The Hall–Kier alpha value is -1.42. The number of halogens is 1. The Morgan fingerprint density at radius 2 is 2.07 bits per heavy atom. The molecule has 6 nitrogen and oxygen atoms in total. The summed E-state index contributed by atoms with van der Waals surface area (Å²) in [6.07, 6.45) is 6.90. The molecular weight excluding hydrogens is 485 g/mol. The van der Waals surface area contributed by atoms with Crippen molar-refractivity contribution in [1.29, 1.82) is 0 Å². The van der Waals surface area contributed by atoms with Gasteiger partial charge in [0.25, 0.3) is 0 Å². The van der Waals surface area contributed by atoms with E-state index in [2.05, 4.69) is 27.5 Å². The molecule has 2 heterocycles. The van der Waals surface area contributed by atoms with Crippen molar-refractivity contribution < 1.29 is 4.74 Å². The van der Waals surface area contributed by atoms with Gasteiger partial charge in [-0.05, 0) is 58.1 Å². The summed E-state index contributed by atoms with van der Waals surface area (Å²) < 4.78 is 5.99. The summed E-state index contributed by atoms with van der Waals surface area (Å²) in [5.41, 5.74) is 2.18. The zero-order valence-corrected chi connectivity index (χ0v) is 20.0. The Balaban J connectivity index is 0.00000280. The first-order valence-corrected chi connectivity index (χ1v) is 10.5. The van der Waals surface area contributed by atoms with Gasteiger partial charge >= 0.3 is 0 Å². The van der Waals surface area contributed by atoms with Crippen molar-refractivity contribution in [3.05, 3.63) is 39.5 Å². The number of thiazole rings is 1. The van der Waals surface area contributed by atoms with Crippen LogP contribution in [0.2, 0.25) is 0 Å². The van der Waals surface area contributed by atoms with Gasteiger partial charge in [-0.2, -0.15) is 0 Å². The first kappa shape index (κ1) is 22.9. The molecule has 1 fully saturated rings. The molecule has 8 heteroatoms. The highest BCUT2D eigenvalue weighted by atomic mass is 127. The Bertz CT molecular complexity index is 774. The Morgan fingerprint density at radius 3 is 2.75 bits per heavy atom. The van der Waals surface area contributed by atoms with Gasteiger partial charge in [-0.1, -0.05) is 0 Å². The fourth-order valence-electron chi connectivity index (χ4n) is 3.20. The summed E-state index contributed by atoms with van der Waals surface area (Å²) in [6, 6.07) is 3.99. The van der Waals surface area contributed by atoms with Crippen molar-refractivity contribution in [2.75, 3.05) is 6.54 Å². The molecule has 0 unspecified atom stereocenters. The van der Waals surface area contributed by atoms with Crippen LogP contribution in [0.1, 0.15) is 53.7 Å². The smallest absolute Gasteiger partial charge is 0.213 e. The Kier molecular flexibility index (Phi) is 9.43. The van der Waals surface area contributed by atoms with Crippen LogP contribution in [0.4, 0.5) is 0 Å². The highest BCUT2D eigenvalue weighted by Crippen LogP contribution is 2.23. The topological polar surface area (TPSA) is 71.4 Å². The first-order valence-electron chi connectivity index (χ1n) is 9.70. The van der Waals surface area contributed by atoms with E-state index in [1.165, 1.54) is 17.7 Å². The Morgan fingerprint density at radius 1 is 1.29 bits per heavy atom. The van der Waals surface area contributed by atoms with Crippen molar-refractivity contribution in [1.82, 2.24) is 20.6 Å². The summed E-state index contributed by atoms with van der Waals surface area (Å²) in [6.45, 7) is 8.29. The molecule has 0 saturated heterocycles. The lowest BCUT2D eigenvalue weighted by Crippen LogP contribution is -2.36. The molecule has 3 rings (SSSR count). The third kappa shape index (κ3) is 6.88. The number of nitrogens with zero attached hydrogens (tertiary/aromatic N) is 3. The standard InChI is InChI=1S/C20H29N5OS.HI/c1-4-21-20(24-13-18-14(2)25-15(3)27-18)23-12-16-9-10-22-19(11-16)26-17-7-5-6-8-17;/h9-11,17H,4-8,12-13H2,1-3H3,(H2,21,23,24);1H. The van der Waals surface area contributed by atoms with Crippen LogP contribution >= 0.6 is 35.3 Å². The maximum absolute atomic E-state index is 5.99. The van der Waals surface area contributed by atoms with Gasteiger partial charge in [-0.3, -0.25) is 0 Å². The monoisotopic (exact) mass is 515 g/mol. The zero-order chi connectivity index (χ0) is 19.1. The average Bonchev–Trinajstić information content (AvgIpc) is 3.27. The molecule has 0 atom stereocenters. The quantitative estimate of drug-likeness (QED) is 0.326. The highest BCUT2D eigenvalue weighted by Gasteiger charge is 2.17. The summed E-state index contributed by atoms with van der Waals surface area (Å²) in [4.78, 5) is 14.8. The molecule has 0 amide bonds. The normalized spacial score (nSPS) is 14.6. The molecule has 0 spiro atoms. The number of hydrogen-bond donors (Lipinski definition) is 2. The number of pyridine rings is 1. The zero-order valence-electron chi connectivity index (χ0n) is 16.8. The van der Waals surface area contributed by atoms with E-state index in [-0.39, 0.29) is 24.0 Å². The van der Waals surface area contributed by atoms with E-state index >= 15 is 0 Å². The number of guanidine groups is 1. The molecule has 154 valence electrons. The Labute approximate surface area is 188 Å². The van der Waals surface area contributed by atoms with Crippen LogP contribution in [0.5, 0.6) is 5.88 Å². The number of ether oxygens (including phenoxy) is 1. The second-order valence-corrected chi connectivity index (χ2v) is 8.10. The third-order valence-electron chi connectivity index (χ3n) is 4.57. The summed E-state index contributed by atoms with van der Waals surface area (Å²) in [7, 11) is 0. The van der Waals surface area contributed by atoms with Crippen LogP contribution in [-0.4, -0.2) is 28.6 Å². The molecule has 0 bridgehead atoms. The molecule has 1 aliphatic carbocycles. The first-order chi connectivity index (χ1) is 13.1. The van der Waals surface area contributed by atoms with E-state index < -0.39 is 0 Å². The van der Waals surface area contributed by atoms with Crippen LogP contribution in [0.25, 0.3) is 0 Å². The van der Waals surface area contributed by atoms with E-state index in [1.807, 2.05) is 26.0 Å². The van der Waals surface area contributed by atoms with Crippen LogP contribution in [0, 0.1) is 13.8 Å². The third-order valence-corrected chi connectivity index (χ3v) is 5.64. The van der Waals surface area contributed by atoms with Crippen molar-refractivity contribution >= 4 is 41.3 Å². The molecule has 0 aliphatic heterocycles. The lowest BCUT2D eigenvalue weighted by molar-refractivity contribution is 0.201. The van der Waals surface area contributed by atoms with Crippen molar-refractivity contribution in [3.8, 4) is 5.88 Å². The second kappa shape index (κ2) is 11.5. The molecule has 28 heavy (non-hydrogen) atoms. The SMILES string of the molecule is CCNC(=NCc1ccnc(OC2CCCC2)c1)NCc1sc(C)nc1C.I. The molecule has 0 aromatic carbocycles. The van der Waals surface area contributed by atoms with Crippen molar-refractivity contribution in [3.63, 3.8) is 0 Å². The number of aromatic nitrogens is 2. The van der Waals surface area contributed by atoms with Crippen LogP contribution in [0.3, 0.4) is 0 Å². The van der Waals surface area contributed by atoms with Crippen molar-refractivity contribution in [2.24, 2.45) is 4.99 Å². The lowest BCUT2D eigenvalue weighted by Gasteiger charge is -2.13. The van der Waals surface area contributed by atoms with E-state index in [9.17, 15) is 0 Å². The predicted molar refractivity (Wildman–Crippen MR) is 126 cm³/mol. The van der Waals surface area contributed by atoms with Gasteiger partial charge in [0.1, 0.15) is 6.10 Å². The van der Waals surface area contributed by atoms with Crippen LogP contribution in [0.15, 0.2) is 23.3 Å². The van der Waals surface area contributed by atoms with Gasteiger partial charge in [-0.15, -0.1) is 35.3 Å². The predicted octanol–water partition coefficient (Wildman–Crippen LogP) is 4.35. The molecule has 0 radical (unpaired) electrons. The van der Waals surface area contributed by atoms with E-state index in [0.717, 1.165) is 48.2 Å². The van der Waals surface area contributed by atoms with Gasteiger partial charge in [0, 0.05) is 23.7 Å². The van der Waals surface area contributed by atoms with Crippen molar-refractivity contribution in [2.45, 2.75) is 65.6 Å². The molecule has 1 aliphatic rings. The van der Waals surface area contributed by atoms with E-state index in [0.29, 0.717) is 18.5 Å². The molecule has 1 saturated carbocycles. The summed E-state index contributed by atoms with van der Waals surface area (Å²) >= 11 is 1.72. The lowest BCUT2D eigenvalue weighted by atomic mass is 10.2. The average molecular weight is 515 g/mol. The number of rotatable bonds is 7. The molecule has 2 aromatic rings. The maximum Gasteiger partial charge on any atom is 0.213 e. The van der Waals surface area contributed by atoms with Gasteiger partial charge < -0.3 is 15.4 Å². The van der Waals surface area contributed by atoms with Crippen LogP contribution < -0.4 is 15.4 Å². The highest BCUT2D eigenvalue weighted by molar-refractivity contribution is 14.0. The van der Waals surface area contributed by atoms with E-state index in [4.69, 9.17) is 9.73 Å².